The monoisotopic (exact) mass is 442 g/mol. The van der Waals surface area contributed by atoms with Crippen LogP contribution >= 0.6 is 0 Å². The van der Waals surface area contributed by atoms with E-state index < -0.39 is 21.9 Å². The van der Waals surface area contributed by atoms with E-state index in [1.807, 2.05) is 19.1 Å². The Labute approximate surface area is 181 Å². The molecule has 0 aromatic heterocycles. The quantitative estimate of drug-likeness (QED) is 0.528. The fourth-order valence-corrected chi connectivity index (χ4v) is 3.96. The number of nitrogens with one attached hydrogen (secondary N) is 2. The number of hydrogen-bond donors (Lipinski definition) is 2. The lowest BCUT2D eigenvalue weighted by Gasteiger charge is -2.17. The zero-order valence-electron chi connectivity index (χ0n) is 17.1. The minimum Gasteiger partial charge on any atom is -0.481 e. The molecule has 0 saturated carbocycles. The van der Waals surface area contributed by atoms with Gasteiger partial charge in [0.15, 0.2) is 6.10 Å². The first-order chi connectivity index (χ1) is 14.8. The summed E-state index contributed by atoms with van der Waals surface area (Å²) in [6, 6.07) is 18.3. The van der Waals surface area contributed by atoms with Crippen LogP contribution < -0.4 is 14.8 Å². The van der Waals surface area contributed by atoms with Crippen molar-refractivity contribution in [1.29, 1.82) is 0 Å². The van der Waals surface area contributed by atoms with Gasteiger partial charge in [-0.05, 0) is 73.5 Å². The van der Waals surface area contributed by atoms with Crippen molar-refractivity contribution in [3.8, 4) is 5.75 Å². The first kappa shape index (κ1) is 22.3. The van der Waals surface area contributed by atoms with Gasteiger partial charge in [-0.1, -0.05) is 25.1 Å². The van der Waals surface area contributed by atoms with Crippen molar-refractivity contribution in [2.45, 2.75) is 31.3 Å². The Bertz CT molecular complexity index is 1150. The van der Waals surface area contributed by atoms with Crippen molar-refractivity contribution < 1.29 is 22.3 Å². The molecule has 0 aliphatic heterocycles. The number of halogens is 1. The predicted octanol–water partition coefficient (Wildman–Crippen LogP) is 4.73. The largest absolute Gasteiger partial charge is 0.481 e. The highest BCUT2D eigenvalue weighted by molar-refractivity contribution is 7.92. The molecule has 3 rings (SSSR count). The number of anilines is 2. The minimum atomic E-state index is -3.76. The lowest BCUT2D eigenvalue weighted by atomic mass is 10.2. The molecule has 6 nitrogen and oxygen atoms in total. The summed E-state index contributed by atoms with van der Waals surface area (Å²) < 4.78 is 46.5. The molecule has 3 aromatic carbocycles. The summed E-state index contributed by atoms with van der Waals surface area (Å²) in [4.78, 5) is 12.6. The molecule has 31 heavy (non-hydrogen) atoms. The zero-order chi connectivity index (χ0) is 22.4. The second-order valence-electron chi connectivity index (χ2n) is 6.90. The third kappa shape index (κ3) is 5.82. The van der Waals surface area contributed by atoms with E-state index in [0.717, 1.165) is 5.56 Å². The molecule has 0 fully saturated rings. The Balaban J connectivity index is 1.67. The van der Waals surface area contributed by atoms with Crippen molar-refractivity contribution >= 4 is 27.3 Å². The topological polar surface area (TPSA) is 84.5 Å². The third-order valence-corrected chi connectivity index (χ3v) is 5.96. The second kappa shape index (κ2) is 9.61. The summed E-state index contributed by atoms with van der Waals surface area (Å²) in [7, 11) is -3.76. The highest BCUT2D eigenvalue weighted by Crippen LogP contribution is 2.21. The molecule has 1 atom stereocenters. The Hall–Kier alpha value is -3.39. The van der Waals surface area contributed by atoms with Crippen LogP contribution in [0.4, 0.5) is 15.8 Å². The van der Waals surface area contributed by atoms with E-state index in [0.29, 0.717) is 23.5 Å². The van der Waals surface area contributed by atoms with E-state index in [1.54, 1.807) is 19.1 Å². The molecule has 162 valence electrons. The lowest BCUT2D eigenvalue weighted by Crippen LogP contribution is -2.32. The Morgan fingerprint density at radius 2 is 1.65 bits per heavy atom. The smallest absolute Gasteiger partial charge is 0.265 e. The summed E-state index contributed by atoms with van der Waals surface area (Å²) in [5.74, 6) is -0.399. The molecule has 1 amide bonds. The van der Waals surface area contributed by atoms with Crippen LogP contribution in [0.5, 0.6) is 5.75 Å². The van der Waals surface area contributed by atoms with Crippen LogP contribution in [-0.2, 0) is 14.8 Å². The molecule has 3 aromatic rings. The van der Waals surface area contributed by atoms with Crippen molar-refractivity contribution in [3.63, 3.8) is 0 Å². The van der Waals surface area contributed by atoms with E-state index in [1.165, 1.54) is 48.5 Å². The van der Waals surface area contributed by atoms with E-state index in [4.69, 9.17) is 4.74 Å². The number of ether oxygens (including phenoxy) is 1. The molecular weight excluding hydrogens is 419 g/mol. The maximum atomic E-state index is 13.0. The number of hydrogen-bond acceptors (Lipinski definition) is 4. The summed E-state index contributed by atoms with van der Waals surface area (Å²) >= 11 is 0. The van der Waals surface area contributed by atoms with Gasteiger partial charge in [0, 0.05) is 5.69 Å². The fraction of sp³-hybridized carbons (Fsp3) is 0.174. The van der Waals surface area contributed by atoms with Gasteiger partial charge in [-0.15, -0.1) is 0 Å². The summed E-state index contributed by atoms with van der Waals surface area (Å²) in [5, 5.41) is 2.71. The number of rotatable bonds is 8. The third-order valence-electron chi connectivity index (χ3n) is 4.58. The maximum Gasteiger partial charge on any atom is 0.265 e. The second-order valence-corrected chi connectivity index (χ2v) is 8.59. The SMILES string of the molecule is CC[C@@H](Oc1ccc(F)cc1)C(=O)Nc1ccc(S(=O)(=O)Nc2ccccc2C)cc1. The van der Waals surface area contributed by atoms with Crippen LogP contribution in [0, 0.1) is 12.7 Å². The van der Waals surface area contributed by atoms with Gasteiger partial charge in [0.05, 0.1) is 10.6 Å². The van der Waals surface area contributed by atoms with E-state index in [-0.39, 0.29) is 10.8 Å². The highest BCUT2D eigenvalue weighted by Gasteiger charge is 2.20. The van der Waals surface area contributed by atoms with Gasteiger partial charge in [-0.2, -0.15) is 0 Å². The molecule has 0 saturated heterocycles. The number of para-hydroxylation sites is 1. The number of amides is 1. The summed E-state index contributed by atoms with van der Waals surface area (Å²) in [5.41, 5.74) is 1.74. The van der Waals surface area contributed by atoms with Crippen LogP contribution in [0.1, 0.15) is 18.9 Å². The molecule has 0 heterocycles. The number of carbonyl (C=O) groups excluding carboxylic acids is 1. The average molecular weight is 443 g/mol. The molecule has 0 bridgehead atoms. The average Bonchev–Trinajstić information content (AvgIpc) is 2.75. The molecule has 8 heteroatoms. The van der Waals surface area contributed by atoms with Crippen molar-refractivity contribution in [1.82, 2.24) is 0 Å². The van der Waals surface area contributed by atoms with Gasteiger partial charge in [-0.25, -0.2) is 12.8 Å². The normalized spacial score (nSPS) is 12.1. The molecule has 0 spiro atoms. The summed E-state index contributed by atoms with van der Waals surface area (Å²) in [6.45, 7) is 3.61. The number of aryl methyl sites for hydroxylation is 1. The first-order valence-electron chi connectivity index (χ1n) is 9.70. The molecule has 2 N–H and O–H groups in total. The molecular formula is C23H23FN2O4S. The minimum absolute atomic E-state index is 0.0726. The van der Waals surface area contributed by atoms with E-state index in [2.05, 4.69) is 10.0 Å². The Kier molecular flexibility index (Phi) is 6.91. The highest BCUT2D eigenvalue weighted by atomic mass is 32.2. The van der Waals surface area contributed by atoms with Gasteiger partial charge < -0.3 is 10.1 Å². The number of sulfonamides is 1. The molecule has 0 aliphatic rings. The van der Waals surface area contributed by atoms with Crippen LogP contribution in [0.25, 0.3) is 0 Å². The van der Waals surface area contributed by atoms with Crippen molar-refractivity contribution in [2.75, 3.05) is 10.0 Å². The Morgan fingerprint density at radius 3 is 2.26 bits per heavy atom. The first-order valence-corrected chi connectivity index (χ1v) is 11.2. The van der Waals surface area contributed by atoms with Gasteiger partial charge in [-0.3, -0.25) is 9.52 Å². The summed E-state index contributed by atoms with van der Waals surface area (Å²) in [6.07, 6.45) is -0.382. The number of carbonyl (C=O) groups is 1. The van der Waals surface area contributed by atoms with Gasteiger partial charge in [0.1, 0.15) is 11.6 Å². The van der Waals surface area contributed by atoms with Crippen LogP contribution in [0.3, 0.4) is 0 Å². The zero-order valence-corrected chi connectivity index (χ0v) is 17.9. The fourth-order valence-electron chi connectivity index (χ4n) is 2.83. The van der Waals surface area contributed by atoms with Gasteiger partial charge in [0.2, 0.25) is 0 Å². The van der Waals surface area contributed by atoms with Gasteiger partial charge >= 0.3 is 0 Å². The number of benzene rings is 3. The molecule has 0 aliphatic carbocycles. The van der Waals surface area contributed by atoms with E-state index >= 15 is 0 Å². The van der Waals surface area contributed by atoms with E-state index in [9.17, 15) is 17.6 Å². The lowest BCUT2D eigenvalue weighted by molar-refractivity contribution is -0.122. The van der Waals surface area contributed by atoms with Crippen molar-refractivity contribution in [2.24, 2.45) is 0 Å². The predicted molar refractivity (Wildman–Crippen MR) is 118 cm³/mol. The van der Waals surface area contributed by atoms with Crippen LogP contribution in [0.2, 0.25) is 0 Å². The van der Waals surface area contributed by atoms with Crippen LogP contribution in [0.15, 0.2) is 77.7 Å². The standard InChI is InChI=1S/C23H23FN2O4S/c1-3-22(30-19-12-8-17(24)9-13-19)23(27)25-18-10-14-20(15-11-18)31(28,29)26-21-7-5-4-6-16(21)2/h4-15,22,26H,3H2,1-2H3,(H,25,27)/t22-/m1/s1. The molecule has 0 unspecified atom stereocenters. The molecule has 0 radical (unpaired) electrons. The van der Waals surface area contributed by atoms with Crippen LogP contribution in [-0.4, -0.2) is 20.4 Å². The van der Waals surface area contributed by atoms with Gasteiger partial charge in [0.25, 0.3) is 15.9 Å². The van der Waals surface area contributed by atoms with Crippen molar-refractivity contribution in [3.05, 3.63) is 84.2 Å². The Morgan fingerprint density at radius 1 is 1.00 bits per heavy atom. The maximum absolute atomic E-state index is 13.0.